The summed E-state index contributed by atoms with van der Waals surface area (Å²) in [6.45, 7) is 5.78. The van der Waals surface area contributed by atoms with E-state index in [2.05, 4.69) is 12.1 Å². The van der Waals surface area contributed by atoms with Crippen molar-refractivity contribution in [3.05, 3.63) is 77.0 Å². The van der Waals surface area contributed by atoms with Crippen LogP contribution in [-0.4, -0.2) is 37.7 Å². The van der Waals surface area contributed by atoms with Crippen LogP contribution in [-0.2, 0) is 14.3 Å². The minimum atomic E-state index is -0.602. The maximum atomic E-state index is 13.6. The zero-order valence-corrected chi connectivity index (χ0v) is 20.7. The molecule has 1 unspecified atom stereocenters. The van der Waals surface area contributed by atoms with Gasteiger partial charge in [-0.1, -0.05) is 49.4 Å². The summed E-state index contributed by atoms with van der Waals surface area (Å²) in [5, 5.41) is 0. The minimum Gasteiger partial charge on any atom is -0.462 e. The molecule has 0 saturated carbocycles. The van der Waals surface area contributed by atoms with Crippen LogP contribution in [0.1, 0.15) is 63.0 Å². The van der Waals surface area contributed by atoms with Crippen molar-refractivity contribution < 1.29 is 14.3 Å². The summed E-state index contributed by atoms with van der Waals surface area (Å²) in [5.74, 6) is -1.11. The Morgan fingerprint density at radius 3 is 2.35 bits per heavy atom. The first kappa shape index (κ1) is 23.9. The van der Waals surface area contributed by atoms with Crippen LogP contribution in [0, 0.1) is 5.92 Å². The third kappa shape index (κ3) is 4.70. The average molecular weight is 459 g/mol. The summed E-state index contributed by atoms with van der Waals surface area (Å²) < 4.78 is 5.77. The summed E-state index contributed by atoms with van der Waals surface area (Å²) in [6, 6.07) is 18.3. The molecule has 5 heteroatoms. The van der Waals surface area contributed by atoms with E-state index in [-0.39, 0.29) is 29.7 Å². The molecular weight excluding hydrogens is 424 g/mol. The van der Waals surface area contributed by atoms with Crippen LogP contribution in [0.2, 0.25) is 0 Å². The van der Waals surface area contributed by atoms with Gasteiger partial charge in [-0.2, -0.15) is 0 Å². The van der Waals surface area contributed by atoms with Crippen molar-refractivity contribution in [2.45, 2.75) is 58.0 Å². The molecule has 178 valence electrons. The van der Waals surface area contributed by atoms with Gasteiger partial charge in [0, 0.05) is 49.1 Å². The number of anilines is 1. The fraction of sp³-hybridized carbons (Fsp3) is 0.414. The summed E-state index contributed by atoms with van der Waals surface area (Å²) in [4.78, 5) is 33.9. The molecule has 2 aromatic carbocycles. The van der Waals surface area contributed by atoms with Crippen LogP contribution in [0.4, 0.5) is 5.69 Å². The number of hydrogen-bond donors (Lipinski definition) is 0. The van der Waals surface area contributed by atoms with Gasteiger partial charge in [0.1, 0.15) is 5.92 Å². The lowest BCUT2D eigenvalue weighted by molar-refractivity contribution is -0.151. The van der Waals surface area contributed by atoms with Crippen molar-refractivity contribution in [1.82, 2.24) is 0 Å². The molecule has 1 aliphatic heterocycles. The fourth-order valence-electron chi connectivity index (χ4n) is 5.02. The Morgan fingerprint density at radius 2 is 1.74 bits per heavy atom. The van der Waals surface area contributed by atoms with Gasteiger partial charge in [-0.15, -0.1) is 0 Å². The number of ketones is 1. The highest BCUT2D eigenvalue weighted by Gasteiger charge is 2.45. The molecule has 1 aliphatic carbocycles. The first-order valence-electron chi connectivity index (χ1n) is 12.1. The van der Waals surface area contributed by atoms with E-state index in [1.165, 1.54) is 0 Å². The molecule has 2 aliphatic rings. The molecule has 0 amide bonds. The summed E-state index contributed by atoms with van der Waals surface area (Å²) >= 11 is 0. The van der Waals surface area contributed by atoms with Gasteiger partial charge in [0.15, 0.2) is 5.78 Å². The monoisotopic (exact) mass is 458 g/mol. The lowest BCUT2D eigenvalue weighted by Gasteiger charge is -2.37. The Kier molecular flexibility index (Phi) is 7.01. The summed E-state index contributed by atoms with van der Waals surface area (Å²) in [7, 11) is 3.99. The zero-order chi connectivity index (χ0) is 24.4. The van der Waals surface area contributed by atoms with Crippen molar-refractivity contribution in [2.75, 3.05) is 19.0 Å². The number of rotatable bonds is 6. The van der Waals surface area contributed by atoms with Gasteiger partial charge in [0.2, 0.25) is 0 Å². The number of Topliss-reactive ketones (excluding diaryl/α,β-unsaturated/α-hetero) is 1. The van der Waals surface area contributed by atoms with Gasteiger partial charge in [-0.25, -0.2) is 0 Å². The number of benzene rings is 2. The van der Waals surface area contributed by atoms with Gasteiger partial charge in [-0.05, 0) is 55.9 Å². The highest BCUT2D eigenvalue weighted by atomic mass is 16.5. The molecule has 1 heterocycles. The van der Waals surface area contributed by atoms with E-state index in [0.717, 1.165) is 34.6 Å². The average Bonchev–Trinajstić information content (AvgIpc) is 2.83. The molecule has 4 atom stereocenters. The number of aliphatic imine (C=N–C) groups is 1. The smallest absolute Gasteiger partial charge is 0.315 e. The number of allylic oxidation sites excluding steroid dienone is 2. The lowest BCUT2D eigenvalue weighted by atomic mass is 9.69. The number of nitrogens with zero attached hydrogens (tertiary/aromatic N) is 2. The first-order valence-corrected chi connectivity index (χ1v) is 12.1. The predicted molar refractivity (Wildman–Crippen MR) is 136 cm³/mol. The number of carbonyl (C=O) groups is 2. The fourth-order valence-corrected chi connectivity index (χ4v) is 5.02. The first-order chi connectivity index (χ1) is 16.3. The number of carbonyl (C=O) groups excluding carboxylic acids is 2. The summed E-state index contributed by atoms with van der Waals surface area (Å²) in [5.41, 5.74) is 5.39. The maximum Gasteiger partial charge on any atom is 0.315 e. The molecule has 0 saturated heterocycles. The van der Waals surface area contributed by atoms with Crippen molar-refractivity contribution in [3.63, 3.8) is 0 Å². The maximum absolute atomic E-state index is 13.6. The van der Waals surface area contributed by atoms with Crippen LogP contribution in [0.3, 0.4) is 0 Å². The molecule has 0 aromatic heterocycles. The topological polar surface area (TPSA) is 59.0 Å². The van der Waals surface area contributed by atoms with Gasteiger partial charge in [-0.3, -0.25) is 14.6 Å². The highest BCUT2D eigenvalue weighted by molar-refractivity contribution is 6.09. The molecule has 0 N–H and O–H groups in total. The normalized spacial score (nSPS) is 23.1. The molecule has 4 rings (SSSR count). The number of hydrogen-bond acceptors (Lipinski definition) is 5. The van der Waals surface area contributed by atoms with Crippen LogP contribution in [0.5, 0.6) is 0 Å². The van der Waals surface area contributed by atoms with E-state index >= 15 is 0 Å². The third-order valence-corrected chi connectivity index (χ3v) is 7.07. The molecule has 0 radical (unpaired) electrons. The van der Waals surface area contributed by atoms with E-state index < -0.39 is 5.92 Å². The highest BCUT2D eigenvalue weighted by Crippen LogP contribution is 2.47. The molecule has 0 bridgehead atoms. The molecule has 34 heavy (non-hydrogen) atoms. The second-order valence-electron chi connectivity index (χ2n) is 9.65. The molecule has 0 fully saturated rings. The van der Waals surface area contributed by atoms with Gasteiger partial charge in [0.25, 0.3) is 0 Å². The largest absolute Gasteiger partial charge is 0.462 e. The molecule has 5 nitrogen and oxygen atoms in total. The Hall–Kier alpha value is -3.21. The molecular formula is C29H34N2O3. The standard InChI is InChI=1S/C29H34N2O3/c1-6-18(2)34-29(33)26-19(3)30-24-16-22(20-10-8-7-9-11-20)17-25(32)28(24)27(26)21-12-14-23(15-13-21)31(4)5/h7-15,18,22,26-27H,6,16-17H2,1-5H3/t18-,22+,26?,27+/m0/s1. The predicted octanol–water partition coefficient (Wildman–Crippen LogP) is 5.67. The van der Waals surface area contributed by atoms with Gasteiger partial charge >= 0.3 is 5.97 Å². The second-order valence-corrected chi connectivity index (χ2v) is 9.65. The van der Waals surface area contributed by atoms with E-state index in [0.29, 0.717) is 18.4 Å². The Labute approximate surface area is 202 Å². The second kappa shape index (κ2) is 9.96. The third-order valence-electron chi connectivity index (χ3n) is 7.07. The summed E-state index contributed by atoms with van der Waals surface area (Å²) in [6.07, 6.45) is 1.68. The number of esters is 1. The van der Waals surface area contributed by atoms with E-state index in [1.807, 2.05) is 82.2 Å². The van der Waals surface area contributed by atoms with Crippen molar-refractivity contribution in [3.8, 4) is 0 Å². The van der Waals surface area contributed by atoms with Gasteiger partial charge in [0.05, 0.1) is 6.10 Å². The Balaban J connectivity index is 1.78. The van der Waals surface area contributed by atoms with Crippen molar-refractivity contribution in [1.29, 1.82) is 0 Å². The lowest BCUT2D eigenvalue weighted by Crippen LogP contribution is -2.39. The minimum absolute atomic E-state index is 0.0781. The quantitative estimate of drug-likeness (QED) is 0.524. The zero-order valence-electron chi connectivity index (χ0n) is 20.7. The Morgan fingerprint density at radius 1 is 1.06 bits per heavy atom. The molecule has 2 aromatic rings. The molecule has 0 spiro atoms. The van der Waals surface area contributed by atoms with Crippen LogP contribution in [0.15, 0.2) is 70.9 Å². The van der Waals surface area contributed by atoms with E-state index in [1.54, 1.807) is 0 Å². The Bertz CT molecular complexity index is 1120. The van der Waals surface area contributed by atoms with Crippen molar-refractivity contribution >= 4 is 23.2 Å². The van der Waals surface area contributed by atoms with E-state index in [9.17, 15) is 9.59 Å². The SMILES string of the molecule is CC[C@H](C)OC(=O)C1C(C)=NC2=C(C(=O)C[C@H](c3ccccc3)C2)[C@@H]1c1ccc(N(C)C)cc1. The van der Waals surface area contributed by atoms with Crippen LogP contribution >= 0.6 is 0 Å². The van der Waals surface area contributed by atoms with E-state index in [4.69, 9.17) is 9.73 Å². The van der Waals surface area contributed by atoms with Crippen LogP contribution < -0.4 is 4.90 Å². The van der Waals surface area contributed by atoms with Crippen LogP contribution in [0.25, 0.3) is 0 Å². The van der Waals surface area contributed by atoms with Crippen molar-refractivity contribution in [2.24, 2.45) is 10.9 Å². The van der Waals surface area contributed by atoms with Gasteiger partial charge < -0.3 is 9.64 Å². The number of ether oxygens (including phenoxy) is 1.